The second kappa shape index (κ2) is 5.71. The summed E-state index contributed by atoms with van der Waals surface area (Å²) in [5.41, 5.74) is 6.31. The van der Waals surface area contributed by atoms with E-state index >= 15 is 0 Å². The van der Waals surface area contributed by atoms with Crippen molar-refractivity contribution in [2.45, 2.75) is 64.3 Å². The van der Waals surface area contributed by atoms with Gasteiger partial charge in [-0.25, -0.2) is 0 Å². The van der Waals surface area contributed by atoms with E-state index in [4.69, 9.17) is 5.73 Å². The van der Waals surface area contributed by atoms with Crippen molar-refractivity contribution in [3.8, 4) is 0 Å². The van der Waals surface area contributed by atoms with Gasteiger partial charge in [0, 0.05) is 12.1 Å². The summed E-state index contributed by atoms with van der Waals surface area (Å²) in [5, 5.41) is 3.81. The maximum absolute atomic E-state index is 6.05. The molecule has 2 aliphatic carbocycles. The number of nitrogens with one attached hydrogen (secondary N) is 1. The zero-order chi connectivity index (χ0) is 12.3. The predicted molar refractivity (Wildman–Crippen MR) is 73.9 cm³/mol. The highest BCUT2D eigenvalue weighted by atomic mass is 15.0. The van der Waals surface area contributed by atoms with E-state index in [1.165, 1.54) is 51.5 Å². The fourth-order valence-corrected chi connectivity index (χ4v) is 3.45. The van der Waals surface area contributed by atoms with Crippen molar-refractivity contribution in [3.63, 3.8) is 0 Å². The smallest absolute Gasteiger partial charge is 0.0306 e. The van der Waals surface area contributed by atoms with Gasteiger partial charge < -0.3 is 11.1 Å². The number of rotatable bonds is 5. The topological polar surface area (TPSA) is 38.0 Å². The Morgan fingerprint density at radius 1 is 1.18 bits per heavy atom. The van der Waals surface area contributed by atoms with E-state index < -0.39 is 0 Å². The Kier molecular flexibility index (Phi) is 4.48. The third-order valence-electron chi connectivity index (χ3n) is 5.43. The van der Waals surface area contributed by atoms with Crippen molar-refractivity contribution >= 4 is 0 Å². The first-order valence-electron chi connectivity index (χ1n) is 7.60. The summed E-state index contributed by atoms with van der Waals surface area (Å²) in [4.78, 5) is 0. The SMILES string of the molecule is CC1CCC(CN)(NCCC2CCC2)CC1C. The summed E-state index contributed by atoms with van der Waals surface area (Å²) in [6, 6.07) is 0. The largest absolute Gasteiger partial charge is 0.329 e. The summed E-state index contributed by atoms with van der Waals surface area (Å²) in [6.07, 6.45) is 9.65. The van der Waals surface area contributed by atoms with Gasteiger partial charge in [0.25, 0.3) is 0 Å². The molecule has 0 amide bonds. The van der Waals surface area contributed by atoms with E-state index in [-0.39, 0.29) is 5.54 Å². The molecular formula is C15H30N2. The third-order valence-corrected chi connectivity index (χ3v) is 5.43. The zero-order valence-corrected chi connectivity index (χ0v) is 11.7. The Hall–Kier alpha value is -0.0800. The Morgan fingerprint density at radius 2 is 1.94 bits per heavy atom. The van der Waals surface area contributed by atoms with Crippen molar-refractivity contribution in [2.75, 3.05) is 13.1 Å². The van der Waals surface area contributed by atoms with Gasteiger partial charge in [-0.1, -0.05) is 33.1 Å². The Morgan fingerprint density at radius 3 is 2.47 bits per heavy atom. The van der Waals surface area contributed by atoms with Crippen LogP contribution in [0.25, 0.3) is 0 Å². The summed E-state index contributed by atoms with van der Waals surface area (Å²) in [7, 11) is 0. The van der Waals surface area contributed by atoms with Crippen LogP contribution in [0, 0.1) is 17.8 Å². The first kappa shape index (κ1) is 13.4. The van der Waals surface area contributed by atoms with Crippen LogP contribution < -0.4 is 11.1 Å². The number of hydrogen-bond donors (Lipinski definition) is 2. The lowest BCUT2D eigenvalue weighted by molar-refractivity contribution is 0.141. The van der Waals surface area contributed by atoms with Crippen LogP contribution in [-0.4, -0.2) is 18.6 Å². The third kappa shape index (κ3) is 3.23. The predicted octanol–water partition coefficient (Wildman–Crippen LogP) is 2.92. The molecule has 0 heterocycles. The van der Waals surface area contributed by atoms with E-state index in [1.807, 2.05) is 0 Å². The molecule has 2 fully saturated rings. The zero-order valence-electron chi connectivity index (χ0n) is 11.7. The van der Waals surface area contributed by atoms with Crippen LogP contribution in [0.3, 0.4) is 0 Å². The van der Waals surface area contributed by atoms with E-state index in [1.54, 1.807) is 0 Å². The normalized spacial score (nSPS) is 39.0. The summed E-state index contributed by atoms with van der Waals surface area (Å²) in [5.74, 6) is 2.71. The summed E-state index contributed by atoms with van der Waals surface area (Å²) >= 11 is 0. The van der Waals surface area contributed by atoms with Crippen LogP contribution in [0.4, 0.5) is 0 Å². The maximum Gasteiger partial charge on any atom is 0.0306 e. The maximum atomic E-state index is 6.05. The molecule has 2 rings (SSSR count). The summed E-state index contributed by atoms with van der Waals surface area (Å²) < 4.78 is 0. The lowest BCUT2D eigenvalue weighted by Crippen LogP contribution is -2.55. The molecular weight excluding hydrogens is 208 g/mol. The van der Waals surface area contributed by atoms with Crippen molar-refractivity contribution in [2.24, 2.45) is 23.5 Å². The van der Waals surface area contributed by atoms with Crippen LogP contribution in [0.15, 0.2) is 0 Å². The van der Waals surface area contributed by atoms with E-state index in [9.17, 15) is 0 Å². The van der Waals surface area contributed by atoms with Crippen LogP contribution in [0.1, 0.15) is 58.8 Å². The molecule has 17 heavy (non-hydrogen) atoms. The highest BCUT2D eigenvalue weighted by Gasteiger charge is 2.36. The Labute approximate surface area is 107 Å². The highest BCUT2D eigenvalue weighted by molar-refractivity contribution is 4.95. The van der Waals surface area contributed by atoms with Gasteiger partial charge >= 0.3 is 0 Å². The summed E-state index contributed by atoms with van der Waals surface area (Å²) in [6.45, 7) is 6.78. The minimum absolute atomic E-state index is 0.260. The Balaban J connectivity index is 1.77. The molecule has 0 aliphatic heterocycles. The van der Waals surface area contributed by atoms with Gasteiger partial charge in [-0.15, -0.1) is 0 Å². The van der Waals surface area contributed by atoms with E-state index in [0.29, 0.717) is 0 Å². The molecule has 0 aromatic carbocycles. The first-order valence-corrected chi connectivity index (χ1v) is 7.60. The van der Waals surface area contributed by atoms with Gasteiger partial charge in [0.2, 0.25) is 0 Å². The first-order chi connectivity index (χ1) is 8.15. The fourth-order valence-electron chi connectivity index (χ4n) is 3.45. The minimum Gasteiger partial charge on any atom is -0.329 e. The van der Waals surface area contributed by atoms with Crippen LogP contribution in [-0.2, 0) is 0 Å². The van der Waals surface area contributed by atoms with E-state index in [0.717, 1.165) is 24.3 Å². The molecule has 3 atom stereocenters. The fraction of sp³-hybridized carbons (Fsp3) is 1.00. The second-order valence-electron chi connectivity index (χ2n) is 6.69. The number of hydrogen-bond acceptors (Lipinski definition) is 2. The molecule has 3 N–H and O–H groups in total. The standard InChI is InChI=1S/C15H30N2/c1-12-6-8-15(11-16,10-13(12)2)17-9-7-14-4-3-5-14/h12-14,17H,3-11,16H2,1-2H3. The van der Waals surface area contributed by atoms with Gasteiger partial charge in [-0.2, -0.15) is 0 Å². The highest BCUT2D eigenvalue weighted by Crippen LogP contribution is 2.36. The van der Waals surface area contributed by atoms with Crippen LogP contribution in [0.5, 0.6) is 0 Å². The van der Waals surface area contributed by atoms with Crippen LogP contribution in [0.2, 0.25) is 0 Å². The van der Waals surface area contributed by atoms with E-state index in [2.05, 4.69) is 19.2 Å². The molecule has 3 unspecified atom stereocenters. The Bertz CT molecular complexity index is 237. The lowest BCUT2D eigenvalue weighted by atomic mass is 9.71. The molecule has 0 aromatic rings. The molecule has 0 bridgehead atoms. The average molecular weight is 238 g/mol. The van der Waals surface area contributed by atoms with Crippen molar-refractivity contribution in [3.05, 3.63) is 0 Å². The molecule has 100 valence electrons. The van der Waals surface area contributed by atoms with Gasteiger partial charge in [-0.05, 0) is 50.0 Å². The van der Waals surface area contributed by atoms with Crippen molar-refractivity contribution in [1.29, 1.82) is 0 Å². The average Bonchev–Trinajstić information content (AvgIpc) is 2.27. The molecule has 0 saturated heterocycles. The lowest BCUT2D eigenvalue weighted by Gasteiger charge is -2.43. The van der Waals surface area contributed by atoms with Gasteiger partial charge in [0.15, 0.2) is 0 Å². The molecule has 2 nitrogen and oxygen atoms in total. The molecule has 2 heteroatoms. The molecule has 0 aromatic heterocycles. The van der Waals surface area contributed by atoms with Gasteiger partial charge in [-0.3, -0.25) is 0 Å². The number of nitrogens with two attached hydrogens (primary N) is 1. The molecule has 2 saturated carbocycles. The second-order valence-corrected chi connectivity index (χ2v) is 6.69. The molecule has 0 radical (unpaired) electrons. The van der Waals surface area contributed by atoms with Crippen LogP contribution >= 0.6 is 0 Å². The van der Waals surface area contributed by atoms with Gasteiger partial charge in [0.1, 0.15) is 0 Å². The van der Waals surface area contributed by atoms with Gasteiger partial charge in [0.05, 0.1) is 0 Å². The van der Waals surface area contributed by atoms with Crippen molar-refractivity contribution in [1.82, 2.24) is 5.32 Å². The molecule has 2 aliphatic rings. The quantitative estimate of drug-likeness (QED) is 0.773. The monoisotopic (exact) mass is 238 g/mol. The minimum atomic E-state index is 0.260. The van der Waals surface area contributed by atoms with Crippen molar-refractivity contribution < 1.29 is 0 Å². The molecule has 0 spiro atoms.